The highest BCUT2D eigenvalue weighted by molar-refractivity contribution is 5.93. The van der Waals surface area contributed by atoms with E-state index in [2.05, 4.69) is 0 Å². The molecule has 4 rings (SSSR count). The van der Waals surface area contributed by atoms with Crippen molar-refractivity contribution < 1.29 is 14.3 Å². The summed E-state index contributed by atoms with van der Waals surface area (Å²) < 4.78 is 13.4. The van der Waals surface area contributed by atoms with Crippen LogP contribution in [0.3, 0.4) is 0 Å². The Morgan fingerprint density at radius 3 is 2.48 bits per heavy atom. The van der Waals surface area contributed by atoms with E-state index in [0.717, 1.165) is 11.1 Å². The van der Waals surface area contributed by atoms with E-state index in [4.69, 9.17) is 0 Å². The normalized spacial score (nSPS) is 19.5. The molecule has 2 aliphatic rings. The number of carbonyl (C=O) groups excluding carboxylic acids is 1. The van der Waals surface area contributed by atoms with Gasteiger partial charge < -0.3 is 10.0 Å². The highest BCUT2D eigenvalue weighted by Crippen LogP contribution is 2.31. The Morgan fingerprint density at radius 1 is 1.09 bits per heavy atom. The maximum absolute atomic E-state index is 13.4. The predicted molar refractivity (Wildman–Crippen MR) is 84.5 cm³/mol. The van der Waals surface area contributed by atoms with E-state index < -0.39 is 6.10 Å². The van der Waals surface area contributed by atoms with Crippen LogP contribution in [0.4, 0.5) is 14.9 Å². The van der Waals surface area contributed by atoms with Crippen LogP contribution < -0.4 is 4.90 Å². The highest BCUT2D eigenvalue weighted by Gasteiger charge is 2.32. The predicted octanol–water partition coefficient (Wildman–Crippen LogP) is 2.68. The van der Waals surface area contributed by atoms with Gasteiger partial charge >= 0.3 is 6.03 Å². The van der Waals surface area contributed by atoms with Crippen molar-refractivity contribution in [1.82, 2.24) is 4.90 Å². The Bertz CT molecular complexity index is 752. The second-order valence-corrected chi connectivity index (χ2v) is 6.15. The first-order valence-corrected chi connectivity index (χ1v) is 7.71. The first-order chi connectivity index (χ1) is 11.1. The molecular formula is C18H17FN2O2. The SMILES string of the molecule is O=C(N1Cc2ccccc2C1)N1CC(O)Cc2cc(F)ccc21. The molecule has 0 bridgehead atoms. The number of urea groups is 1. The number of halogens is 1. The molecule has 2 amide bonds. The van der Waals surface area contributed by atoms with E-state index in [9.17, 15) is 14.3 Å². The molecule has 0 aromatic heterocycles. The first-order valence-electron chi connectivity index (χ1n) is 7.71. The molecule has 0 saturated heterocycles. The second-order valence-electron chi connectivity index (χ2n) is 6.15. The van der Waals surface area contributed by atoms with Gasteiger partial charge in [-0.3, -0.25) is 4.90 Å². The third kappa shape index (κ3) is 2.47. The average Bonchev–Trinajstić information content (AvgIpc) is 2.97. The van der Waals surface area contributed by atoms with Gasteiger partial charge in [0.25, 0.3) is 0 Å². The van der Waals surface area contributed by atoms with Gasteiger partial charge in [-0.2, -0.15) is 0 Å². The Labute approximate surface area is 133 Å². The fraction of sp³-hybridized carbons (Fsp3) is 0.278. The van der Waals surface area contributed by atoms with Gasteiger partial charge in [-0.1, -0.05) is 24.3 Å². The van der Waals surface area contributed by atoms with Gasteiger partial charge in [0, 0.05) is 25.2 Å². The third-order valence-electron chi connectivity index (χ3n) is 4.52. The third-order valence-corrected chi connectivity index (χ3v) is 4.52. The minimum atomic E-state index is -0.668. The molecule has 4 nitrogen and oxygen atoms in total. The van der Waals surface area contributed by atoms with Crippen molar-refractivity contribution in [3.05, 3.63) is 65.0 Å². The van der Waals surface area contributed by atoms with Gasteiger partial charge in [-0.15, -0.1) is 0 Å². The summed E-state index contributed by atoms with van der Waals surface area (Å²) >= 11 is 0. The van der Waals surface area contributed by atoms with Gasteiger partial charge in [0.2, 0.25) is 0 Å². The van der Waals surface area contributed by atoms with Crippen molar-refractivity contribution in [3.63, 3.8) is 0 Å². The second kappa shape index (κ2) is 5.35. The molecule has 1 atom stereocenters. The van der Waals surface area contributed by atoms with Crippen LogP contribution in [0.1, 0.15) is 16.7 Å². The van der Waals surface area contributed by atoms with E-state index >= 15 is 0 Å². The van der Waals surface area contributed by atoms with Crippen LogP contribution >= 0.6 is 0 Å². The molecule has 0 fully saturated rings. The number of carbonyl (C=O) groups is 1. The Kier molecular flexibility index (Phi) is 3.31. The lowest BCUT2D eigenvalue weighted by Gasteiger charge is -2.35. The first kappa shape index (κ1) is 14.2. The summed E-state index contributed by atoms with van der Waals surface area (Å²) in [7, 11) is 0. The Balaban J connectivity index is 1.63. The summed E-state index contributed by atoms with van der Waals surface area (Å²) in [6.07, 6.45) is -0.296. The number of aliphatic hydroxyl groups is 1. The smallest absolute Gasteiger partial charge is 0.325 e. The number of amides is 2. The van der Waals surface area contributed by atoms with Crippen molar-refractivity contribution in [3.8, 4) is 0 Å². The average molecular weight is 312 g/mol. The van der Waals surface area contributed by atoms with E-state index in [1.165, 1.54) is 12.1 Å². The largest absolute Gasteiger partial charge is 0.391 e. The lowest BCUT2D eigenvalue weighted by atomic mass is 10.00. The van der Waals surface area contributed by atoms with Gasteiger partial charge in [0.15, 0.2) is 0 Å². The molecule has 118 valence electrons. The lowest BCUT2D eigenvalue weighted by molar-refractivity contribution is 0.165. The quantitative estimate of drug-likeness (QED) is 0.813. The number of nitrogens with zero attached hydrogens (tertiary/aromatic N) is 2. The number of hydrogen-bond acceptors (Lipinski definition) is 2. The van der Waals surface area contributed by atoms with Gasteiger partial charge in [-0.05, 0) is 34.9 Å². The van der Waals surface area contributed by atoms with E-state index in [0.29, 0.717) is 30.8 Å². The summed E-state index contributed by atoms with van der Waals surface area (Å²) in [5.41, 5.74) is 3.67. The summed E-state index contributed by atoms with van der Waals surface area (Å²) in [6.45, 7) is 1.38. The van der Waals surface area contributed by atoms with Crippen LogP contribution in [0.25, 0.3) is 0 Å². The molecule has 5 heteroatoms. The number of β-amino-alcohol motifs (C(OH)–C–C–N with tert-alkyl or cyclic N) is 1. The minimum absolute atomic E-state index is 0.146. The molecule has 0 radical (unpaired) electrons. The van der Waals surface area contributed by atoms with Crippen LogP contribution in [0.15, 0.2) is 42.5 Å². The van der Waals surface area contributed by atoms with Crippen LogP contribution in [-0.2, 0) is 19.5 Å². The zero-order valence-corrected chi connectivity index (χ0v) is 12.6. The van der Waals surface area contributed by atoms with Gasteiger partial charge in [0.05, 0.1) is 12.6 Å². The molecule has 2 aromatic carbocycles. The molecule has 2 aromatic rings. The van der Waals surface area contributed by atoms with Crippen molar-refractivity contribution >= 4 is 11.7 Å². The molecule has 1 unspecified atom stereocenters. The number of aliphatic hydroxyl groups excluding tert-OH is 1. The summed E-state index contributed by atoms with van der Waals surface area (Å²) in [5, 5.41) is 10.0. The Hall–Kier alpha value is -2.40. The molecule has 1 N–H and O–H groups in total. The fourth-order valence-corrected chi connectivity index (χ4v) is 3.43. The van der Waals surface area contributed by atoms with Crippen molar-refractivity contribution in [1.29, 1.82) is 0 Å². The van der Waals surface area contributed by atoms with Crippen LogP contribution in [0.5, 0.6) is 0 Å². The minimum Gasteiger partial charge on any atom is -0.391 e. The summed E-state index contributed by atoms with van der Waals surface area (Å²) in [4.78, 5) is 16.2. The fourth-order valence-electron chi connectivity index (χ4n) is 3.43. The van der Waals surface area contributed by atoms with Crippen LogP contribution in [0, 0.1) is 5.82 Å². The number of anilines is 1. The summed E-state index contributed by atoms with van der Waals surface area (Å²) in [5.74, 6) is -0.348. The van der Waals surface area contributed by atoms with E-state index in [-0.39, 0.29) is 18.4 Å². The molecular weight excluding hydrogens is 295 g/mol. The molecule has 0 spiro atoms. The zero-order chi connectivity index (χ0) is 16.0. The van der Waals surface area contributed by atoms with Crippen LogP contribution in [-0.4, -0.2) is 28.7 Å². The highest BCUT2D eigenvalue weighted by atomic mass is 19.1. The topological polar surface area (TPSA) is 43.8 Å². The maximum atomic E-state index is 13.4. The molecule has 0 saturated carbocycles. The standard InChI is InChI=1S/C18H17FN2O2/c19-15-5-6-17-14(7-15)8-16(22)11-21(17)18(23)20-9-12-3-1-2-4-13(12)10-20/h1-7,16,22H,8-11H2. The number of benzene rings is 2. The molecule has 0 aliphatic carbocycles. The monoisotopic (exact) mass is 312 g/mol. The van der Waals surface area contributed by atoms with Crippen molar-refractivity contribution in [2.75, 3.05) is 11.4 Å². The van der Waals surface area contributed by atoms with E-state index in [1.807, 2.05) is 24.3 Å². The maximum Gasteiger partial charge on any atom is 0.325 e. The van der Waals surface area contributed by atoms with Crippen molar-refractivity contribution in [2.24, 2.45) is 0 Å². The summed E-state index contributed by atoms with van der Waals surface area (Å²) in [6, 6.07) is 12.2. The number of hydrogen-bond donors (Lipinski definition) is 1. The Morgan fingerprint density at radius 2 is 1.78 bits per heavy atom. The molecule has 2 heterocycles. The number of fused-ring (bicyclic) bond motifs is 2. The van der Waals surface area contributed by atoms with Crippen LogP contribution in [0.2, 0.25) is 0 Å². The van der Waals surface area contributed by atoms with Gasteiger partial charge in [-0.25, -0.2) is 9.18 Å². The molecule has 23 heavy (non-hydrogen) atoms. The molecule has 2 aliphatic heterocycles. The zero-order valence-electron chi connectivity index (χ0n) is 12.6. The lowest BCUT2D eigenvalue weighted by Crippen LogP contribution is -2.47. The van der Waals surface area contributed by atoms with Gasteiger partial charge in [0.1, 0.15) is 5.82 Å². The number of rotatable bonds is 0. The van der Waals surface area contributed by atoms with Crippen molar-refractivity contribution in [2.45, 2.75) is 25.6 Å². The van der Waals surface area contributed by atoms with E-state index in [1.54, 1.807) is 15.9 Å².